The largest absolute Gasteiger partial charge is 0.349 e. The highest BCUT2D eigenvalue weighted by molar-refractivity contribution is 5.89. The fraction of sp³-hybridized carbons (Fsp3) is 0.692. The minimum Gasteiger partial charge on any atom is -0.349 e. The Morgan fingerprint density at radius 3 is 2.55 bits per heavy atom. The van der Waals surface area contributed by atoms with Gasteiger partial charge in [0.1, 0.15) is 0 Å². The van der Waals surface area contributed by atoms with Crippen molar-refractivity contribution in [1.82, 2.24) is 15.1 Å². The van der Waals surface area contributed by atoms with Crippen molar-refractivity contribution >= 4 is 11.8 Å². The smallest absolute Gasteiger partial charge is 0.225 e. The quantitative estimate of drug-likeness (QED) is 0.786. The maximum Gasteiger partial charge on any atom is 0.225 e. The van der Waals surface area contributed by atoms with E-state index in [0.29, 0.717) is 18.4 Å². The predicted octanol–water partition coefficient (Wildman–Crippen LogP) is 4.13. The molecule has 2 saturated heterocycles. The zero-order chi connectivity index (χ0) is 22.2. The fourth-order valence-corrected chi connectivity index (χ4v) is 5.69. The summed E-state index contributed by atoms with van der Waals surface area (Å²) in [6.07, 6.45) is 6.11. The van der Waals surface area contributed by atoms with Crippen LogP contribution in [-0.2, 0) is 15.0 Å². The van der Waals surface area contributed by atoms with Crippen LogP contribution in [-0.4, -0.2) is 54.8 Å². The molecule has 1 N–H and O–H groups in total. The lowest BCUT2D eigenvalue weighted by molar-refractivity contribution is -0.128. The Labute approximate surface area is 189 Å². The third-order valence-electron chi connectivity index (χ3n) is 7.84. The number of hydrogen-bond acceptors (Lipinski definition) is 3. The highest BCUT2D eigenvalue weighted by atomic mass is 16.2. The highest BCUT2D eigenvalue weighted by Crippen LogP contribution is 2.48. The molecule has 1 unspecified atom stereocenters. The molecule has 1 aromatic rings. The SMILES string of the molecule is CN1CC(C(=O)N[C@@H]2CCC3(CCN(CCC(C)(C)C)CC3)c3ccccc32)CC1=O.[HH]. The van der Waals surface area contributed by atoms with E-state index in [9.17, 15) is 9.59 Å². The third-order valence-corrected chi connectivity index (χ3v) is 7.84. The molecule has 1 aromatic carbocycles. The van der Waals surface area contributed by atoms with Gasteiger partial charge in [-0.05, 0) is 73.7 Å². The molecule has 0 bridgehead atoms. The first-order valence-electron chi connectivity index (χ1n) is 12.0. The summed E-state index contributed by atoms with van der Waals surface area (Å²) in [7, 11) is 1.78. The van der Waals surface area contributed by atoms with E-state index in [1.165, 1.54) is 36.9 Å². The van der Waals surface area contributed by atoms with Crippen LogP contribution in [0.4, 0.5) is 0 Å². The van der Waals surface area contributed by atoms with Crippen LogP contribution in [0.2, 0.25) is 0 Å². The topological polar surface area (TPSA) is 52.7 Å². The summed E-state index contributed by atoms with van der Waals surface area (Å²) in [5, 5.41) is 3.30. The molecular formula is C26H41N3O2. The zero-order valence-electron chi connectivity index (χ0n) is 19.7. The molecule has 3 aliphatic rings. The first-order valence-corrected chi connectivity index (χ1v) is 12.0. The molecule has 2 aliphatic heterocycles. The van der Waals surface area contributed by atoms with Crippen LogP contribution in [0.5, 0.6) is 0 Å². The Morgan fingerprint density at radius 1 is 1.19 bits per heavy atom. The first kappa shape index (κ1) is 22.3. The van der Waals surface area contributed by atoms with Gasteiger partial charge in [0.15, 0.2) is 0 Å². The van der Waals surface area contributed by atoms with Crippen LogP contribution in [0, 0.1) is 11.3 Å². The van der Waals surface area contributed by atoms with E-state index in [2.05, 4.69) is 55.3 Å². The standard InChI is InChI=1S/C26H39N3O2.H2/c1-25(2,3)11-14-29-15-12-26(13-16-29)10-9-22(20-7-5-6-8-21(20)26)27-24(31)19-17-23(30)28(4)18-19;/h5-8,19,22H,9-18H2,1-4H3,(H,27,31);1H/t19?,22-;/m1./s1. The molecule has 1 spiro atoms. The van der Waals surface area contributed by atoms with Gasteiger partial charge < -0.3 is 15.1 Å². The van der Waals surface area contributed by atoms with Gasteiger partial charge in [-0.3, -0.25) is 9.59 Å². The molecule has 4 rings (SSSR count). The molecule has 0 saturated carbocycles. The first-order chi connectivity index (χ1) is 14.7. The lowest BCUT2D eigenvalue weighted by Gasteiger charge is -2.47. The number of rotatable bonds is 4. The summed E-state index contributed by atoms with van der Waals surface area (Å²) in [5.41, 5.74) is 3.38. The molecule has 2 heterocycles. The van der Waals surface area contributed by atoms with Crippen molar-refractivity contribution in [2.45, 2.75) is 70.8 Å². The third kappa shape index (κ3) is 4.82. The Bertz CT molecular complexity index is 827. The van der Waals surface area contributed by atoms with Crippen molar-refractivity contribution in [2.24, 2.45) is 11.3 Å². The van der Waals surface area contributed by atoms with E-state index in [1.807, 2.05) is 0 Å². The highest BCUT2D eigenvalue weighted by Gasteiger charge is 2.43. The molecule has 1 aliphatic carbocycles. The van der Waals surface area contributed by atoms with Crippen LogP contribution in [0.1, 0.15) is 77.9 Å². The van der Waals surface area contributed by atoms with Crippen molar-refractivity contribution in [3.8, 4) is 0 Å². The molecule has 172 valence electrons. The van der Waals surface area contributed by atoms with E-state index in [0.717, 1.165) is 25.9 Å². The monoisotopic (exact) mass is 427 g/mol. The zero-order valence-corrected chi connectivity index (χ0v) is 19.7. The Balaban J connectivity index is 0.00000289. The normalized spacial score (nSPS) is 26.2. The van der Waals surface area contributed by atoms with Gasteiger partial charge in [0.25, 0.3) is 0 Å². The second kappa shape index (κ2) is 8.57. The number of fused-ring (bicyclic) bond motifs is 2. The molecule has 31 heavy (non-hydrogen) atoms. The van der Waals surface area contributed by atoms with Gasteiger partial charge in [-0.2, -0.15) is 0 Å². The van der Waals surface area contributed by atoms with E-state index >= 15 is 0 Å². The summed E-state index contributed by atoms with van der Waals surface area (Å²) < 4.78 is 0. The summed E-state index contributed by atoms with van der Waals surface area (Å²) in [6, 6.07) is 8.82. The van der Waals surface area contributed by atoms with Gasteiger partial charge in [-0.1, -0.05) is 45.0 Å². The number of likely N-dealkylation sites (tertiary alicyclic amines) is 2. The molecule has 0 radical (unpaired) electrons. The second-order valence-electron chi connectivity index (χ2n) is 11.3. The Kier molecular flexibility index (Phi) is 6.17. The van der Waals surface area contributed by atoms with E-state index < -0.39 is 0 Å². The van der Waals surface area contributed by atoms with Gasteiger partial charge in [0, 0.05) is 21.4 Å². The number of nitrogens with one attached hydrogen (secondary N) is 1. The van der Waals surface area contributed by atoms with Crippen LogP contribution in [0.15, 0.2) is 24.3 Å². The van der Waals surface area contributed by atoms with Gasteiger partial charge in [0.05, 0.1) is 12.0 Å². The summed E-state index contributed by atoms with van der Waals surface area (Å²) in [4.78, 5) is 29.0. The summed E-state index contributed by atoms with van der Waals surface area (Å²) in [5.74, 6) is -0.113. The summed E-state index contributed by atoms with van der Waals surface area (Å²) >= 11 is 0. The van der Waals surface area contributed by atoms with Crippen molar-refractivity contribution in [3.63, 3.8) is 0 Å². The minimum atomic E-state index is -0.216. The average Bonchev–Trinajstić information content (AvgIpc) is 3.08. The lowest BCUT2D eigenvalue weighted by Crippen LogP contribution is -2.47. The number of carbonyl (C=O) groups is 2. The van der Waals surface area contributed by atoms with Crippen molar-refractivity contribution in [2.75, 3.05) is 33.2 Å². The van der Waals surface area contributed by atoms with Crippen molar-refractivity contribution in [3.05, 3.63) is 35.4 Å². The average molecular weight is 428 g/mol. The van der Waals surface area contributed by atoms with Gasteiger partial charge in [-0.15, -0.1) is 0 Å². The maximum atomic E-state index is 12.9. The van der Waals surface area contributed by atoms with Gasteiger partial charge in [0.2, 0.25) is 11.8 Å². The maximum absolute atomic E-state index is 12.9. The molecule has 2 atom stereocenters. The molecule has 5 heteroatoms. The van der Waals surface area contributed by atoms with E-state index in [4.69, 9.17) is 0 Å². The number of nitrogens with zero attached hydrogens (tertiary/aromatic N) is 2. The minimum absolute atomic E-state index is 0. The van der Waals surface area contributed by atoms with Crippen LogP contribution >= 0.6 is 0 Å². The number of hydrogen-bond donors (Lipinski definition) is 1. The number of amides is 2. The van der Waals surface area contributed by atoms with Crippen LogP contribution < -0.4 is 5.32 Å². The number of piperidine rings is 1. The van der Waals surface area contributed by atoms with Crippen molar-refractivity contribution < 1.29 is 11.0 Å². The van der Waals surface area contributed by atoms with Gasteiger partial charge >= 0.3 is 0 Å². The van der Waals surface area contributed by atoms with Crippen LogP contribution in [0.3, 0.4) is 0 Å². The molecular weight excluding hydrogens is 386 g/mol. The number of benzene rings is 1. The Hall–Kier alpha value is -1.88. The van der Waals surface area contributed by atoms with E-state index in [-0.39, 0.29) is 30.6 Å². The Morgan fingerprint density at radius 2 is 1.90 bits per heavy atom. The van der Waals surface area contributed by atoms with E-state index in [1.54, 1.807) is 11.9 Å². The molecule has 0 aromatic heterocycles. The van der Waals surface area contributed by atoms with Gasteiger partial charge in [-0.25, -0.2) is 0 Å². The predicted molar refractivity (Wildman–Crippen MR) is 126 cm³/mol. The molecule has 2 fully saturated rings. The number of carbonyl (C=O) groups excluding carboxylic acids is 2. The fourth-order valence-electron chi connectivity index (χ4n) is 5.69. The molecule has 5 nitrogen and oxygen atoms in total. The van der Waals surface area contributed by atoms with Crippen molar-refractivity contribution in [1.29, 1.82) is 0 Å². The lowest BCUT2D eigenvalue weighted by atomic mass is 9.63. The second-order valence-corrected chi connectivity index (χ2v) is 11.3. The van der Waals surface area contributed by atoms with Crippen LogP contribution in [0.25, 0.3) is 0 Å². The summed E-state index contributed by atoms with van der Waals surface area (Å²) in [6.45, 7) is 11.0. The molecule has 2 amide bonds.